The summed E-state index contributed by atoms with van der Waals surface area (Å²) in [5.74, 6) is 0. The maximum absolute atomic E-state index is 11.0. The van der Waals surface area contributed by atoms with E-state index in [-0.39, 0.29) is 6.54 Å². The number of aliphatic hydroxyl groups is 1. The van der Waals surface area contributed by atoms with Crippen molar-refractivity contribution in [2.45, 2.75) is 32.8 Å². The highest BCUT2D eigenvalue weighted by atomic mass is 79.9. The van der Waals surface area contributed by atoms with Crippen LogP contribution < -0.4 is 5.32 Å². The molecule has 0 spiro atoms. The molecule has 4 nitrogen and oxygen atoms in total. The van der Waals surface area contributed by atoms with Gasteiger partial charge >= 0.3 is 6.09 Å². The zero-order chi connectivity index (χ0) is 14.7. The summed E-state index contributed by atoms with van der Waals surface area (Å²) in [6, 6.07) is 7.46. The Hall–Kier alpha value is -1.07. The molecule has 3 N–H and O–H groups in total. The Bertz CT molecular complexity index is 439. The Labute approximate surface area is 122 Å². The molecule has 19 heavy (non-hydrogen) atoms. The normalized spacial score (nSPS) is 14.8. The first-order chi connectivity index (χ1) is 8.67. The third-order valence-corrected chi connectivity index (χ3v) is 3.85. The van der Waals surface area contributed by atoms with E-state index in [9.17, 15) is 9.90 Å². The Kier molecular flexibility index (Phi) is 4.98. The van der Waals surface area contributed by atoms with E-state index < -0.39 is 17.1 Å². The van der Waals surface area contributed by atoms with Gasteiger partial charge in [-0.3, -0.25) is 0 Å². The molecule has 0 radical (unpaired) electrons. The average molecular weight is 330 g/mol. The Morgan fingerprint density at radius 2 is 1.79 bits per heavy atom. The van der Waals surface area contributed by atoms with E-state index >= 15 is 0 Å². The molecule has 0 aliphatic heterocycles. The Morgan fingerprint density at radius 1 is 1.26 bits per heavy atom. The lowest BCUT2D eigenvalue weighted by Gasteiger charge is -2.41. The molecule has 106 valence electrons. The minimum Gasteiger partial charge on any atom is -0.465 e. The van der Waals surface area contributed by atoms with Gasteiger partial charge in [0.15, 0.2) is 0 Å². The molecule has 0 heterocycles. The van der Waals surface area contributed by atoms with Crippen LogP contribution in [-0.4, -0.2) is 22.9 Å². The van der Waals surface area contributed by atoms with Crippen LogP contribution in [0.4, 0.5) is 4.79 Å². The molecule has 0 saturated heterocycles. The van der Waals surface area contributed by atoms with Crippen molar-refractivity contribution in [3.8, 4) is 0 Å². The molecule has 0 aromatic heterocycles. The topological polar surface area (TPSA) is 69.6 Å². The van der Waals surface area contributed by atoms with Crippen molar-refractivity contribution in [2.75, 3.05) is 6.54 Å². The van der Waals surface area contributed by atoms with Crippen LogP contribution in [0.5, 0.6) is 0 Å². The van der Waals surface area contributed by atoms with Crippen molar-refractivity contribution in [2.24, 2.45) is 5.41 Å². The van der Waals surface area contributed by atoms with Gasteiger partial charge < -0.3 is 15.5 Å². The summed E-state index contributed by atoms with van der Waals surface area (Å²) in [4.78, 5) is 10.5. The molecule has 0 saturated carbocycles. The monoisotopic (exact) mass is 329 g/mol. The molecule has 1 aromatic rings. The minimum atomic E-state index is -1.09. The lowest BCUT2D eigenvalue weighted by atomic mass is 9.70. The lowest BCUT2D eigenvalue weighted by molar-refractivity contribution is -0.0703. The molecule has 1 rings (SSSR count). The van der Waals surface area contributed by atoms with Crippen molar-refractivity contribution in [3.05, 3.63) is 34.3 Å². The van der Waals surface area contributed by atoms with Gasteiger partial charge in [0.2, 0.25) is 0 Å². The number of nitrogens with one attached hydrogen (secondary N) is 1. The maximum Gasteiger partial charge on any atom is 0.404 e. The molecule has 1 atom stereocenters. The third-order valence-electron chi connectivity index (χ3n) is 3.33. The van der Waals surface area contributed by atoms with Gasteiger partial charge in [0.1, 0.15) is 0 Å². The van der Waals surface area contributed by atoms with Crippen LogP contribution in [0.15, 0.2) is 28.7 Å². The van der Waals surface area contributed by atoms with Crippen LogP contribution >= 0.6 is 15.9 Å². The van der Waals surface area contributed by atoms with Crippen LogP contribution in [0.2, 0.25) is 0 Å². The number of halogens is 1. The Balaban J connectivity index is 2.99. The standard InChI is InChI=1S/C14H20BrNO3/c1-13(2,3)14(19,8-9-16-12(17)18)10-4-6-11(15)7-5-10/h4-7,16,19H,8-9H2,1-3H3,(H,17,18). The van der Waals surface area contributed by atoms with Crippen molar-refractivity contribution >= 4 is 22.0 Å². The largest absolute Gasteiger partial charge is 0.465 e. The first-order valence-electron chi connectivity index (χ1n) is 6.12. The molecule has 1 aromatic carbocycles. The van der Waals surface area contributed by atoms with Gasteiger partial charge in [-0.05, 0) is 29.5 Å². The number of carboxylic acid groups (broad SMARTS) is 1. The van der Waals surface area contributed by atoms with Crippen molar-refractivity contribution < 1.29 is 15.0 Å². The highest BCUT2D eigenvalue weighted by molar-refractivity contribution is 9.10. The van der Waals surface area contributed by atoms with E-state index in [1.54, 1.807) is 0 Å². The van der Waals surface area contributed by atoms with Gasteiger partial charge in [-0.2, -0.15) is 0 Å². The van der Waals surface area contributed by atoms with Gasteiger partial charge in [-0.1, -0.05) is 48.8 Å². The second-order valence-electron chi connectivity index (χ2n) is 5.60. The van der Waals surface area contributed by atoms with Crippen LogP contribution in [0.3, 0.4) is 0 Å². The number of carbonyl (C=O) groups is 1. The summed E-state index contributed by atoms with van der Waals surface area (Å²) in [5.41, 5.74) is -0.702. The van der Waals surface area contributed by atoms with Gasteiger partial charge in [-0.15, -0.1) is 0 Å². The van der Waals surface area contributed by atoms with Crippen molar-refractivity contribution in [3.63, 3.8) is 0 Å². The van der Waals surface area contributed by atoms with Gasteiger partial charge in [-0.25, -0.2) is 4.79 Å². The molecule has 1 unspecified atom stereocenters. The highest BCUT2D eigenvalue weighted by Crippen LogP contribution is 2.42. The predicted octanol–water partition coefficient (Wildman–Crippen LogP) is 3.34. The molecule has 1 amide bonds. The van der Waals surface area contributed by atoms with E-state index in [2.05, 4.69) is 21.2 Å². The molecule has 0 aliphatic carbocycles. The number of hydrogen-bond acceptors (Lipinski definition) is 2. The van der Waals surface area contributed by atoms with Crippen molar-refractivity contribution in [1.82, 2.24) is 5.32 Å². The number of hydrogen-bond donors (Lipinski definition) is 3. The molecule has 5 heteroatoms. The molecule has 0 fully saturated rings. The summed E-state index contributed by atoms with van der Waals surface area (Å²) >= 11 is 3.36. The summed E-state index contributed by atoms with van der Waals surface area (Å²) in [6.45, 7) is 6.03. The molecule has 0 bridgehead atoms. The SMILES string of the molecule is CC(C)(C)C(O)(CCNC(=O)O)c1ccc(Br)cc1. The first kappa shape index (κ1) is 16.0. The van der Waals surface area contributed by atoms with E-state index in [1.165, 1.54) is 0 Å². The highest BCUT2D eigenvalue weighted by Gasteiger charge is 2.41. The molecular weight excluding hydrogens is 310 g/mol. The molecule has 0 aliphatic rings. The lowest BCUT2D eigenvalue weighted by Crippen LogP contribution is -2.42. The zero-order valence-corrected chi connectivity index (χ0v) is 13.0. The van der Waals surface area contributed by atoms with Crippen LogP contribution in [0, 0.1) is 5.41 Å². The second-order valence-corrected chi connectivity index (χ2v) is 6.51. The summed E-state index contributed by atoms with van der Waals surface area (Å²) in [5, 5.41) is 21.9. The van der Waals surface area contributed by atoms with Crippen LogP contribution in [-0.2, 0) is 5.60 Å². The van der Waals surface area contributed by atoms with E-state index in [0.717, 1.165) is 10.0 Å². The third kappa shape index (κ3) is 3.94. The van der Waals surface area contributed by atoms with Crippen LogP contribution in [0.25, 0.3) is 0 Å². The van der Waals surface area contributed by atoms with Gasteiger partial charge in [0, 0.05) is 11.0 Å². The number of amides is 1. The Morgan fingerprint density at radius 3 is 2.21 bits per heavy atom. The predicted molar refractivity (Wildman–Crippen MR) is 78.1 cm³/mol. The summed E-state index contributed by atoms with van der Waals surface area (Å²) < 4.78 is 0.941. The van der Waals surface area contributed by atoms with Crippen LogP contribution in [0.1, 0.15) is 32.8 Å². The fourth-order valence-electron chi connectivity index (χ4n) is 2.03. The fraction of sp³-hybridized carbons (Fsp3) is 0.500. The second kappa shape index (κ2) is 5.92. The van der Waals surface area contributed by atoms with Gasteiger partial charge in [0.05, 0.1) is 5.60 Å². The summed E-state index contributed by atoms with van der Waals surface area (Å²) in [6.07, 6.45) is -0.753. The van der Waals surface area contributed by atoms with E-state index in [4.69, 9.17) is 5.11 Å². The quantitative estimate of drug-likeness (QED) is 0.793. The number of benzene rings is 1. The minimum absolute atomic E-state index is 0.208. The van der Waals surface area contributed by atoms with Gasteiger partial charge in [0.25, 0.3) is 0 Å². The summed E-state index contributed by atoms with van der Waals surface area (Å²) in [7, 11) is 0. The smallest absolute Gasteiger partial charge is 0.404 e. The van der Waals surface area contributed by atoms with E-state index in [0.29, 0.717) is 6.42 Å². The fourth-order valence-corrected chi connectivity index (χ4v) is 2.29. The van der Waals surface area contributed by atoms with E-state index in [1.807, 2.05) is 45.0 Å². The zero-order valence-electron chi connectivity index (χ0n) is 11.4. The number of rotatable bonds is 4. The van der Waals surface area contributed by atoms with Crippen molar-refractivity contribution in [1.29, 1.82) is 0 Å². The average Bonchev–Trinajstić information content (AvgIpc) is 2.27. The maximum atomic E-state index is 11.0. The first-order valence-corrected chi connectivity index (χ1v) is 6.91. The molecular formula is C14H20BrNO3.